The monoisotopic (exact) mass is 414 g/mol. The Hall–Kier alpha value is -2.32. The van der Waals surface area contributed by atoms with Crippen LogP contribution < -0.4 is 10.2 Å². The maximum absolute atomic E-state index is 12.5. The molecule has 0 unspecified atom stereocenters. The first-order valence-electron chi connectivity index (χ1n) is 9.28. The quantitative estimate of drug-likeness (QED) is 0.645. The summed E-state index contributed by atoms with van der Waals surface area (Å²) in [4.78, 5) is 27.3. The van der Waals surface area contributed by atoms with E-state index in [4.69, 9.17) is 16.6 Å². The Balaban J connectivity index is 1.48. The first-order chi connectivity index (χ1) is 13.7. The summed E-state index contributed by atoms with van der Waals surface area (Å²) in [5, 5.41) is 3.62. The number of hydrogen-bond acceptors (Lipinski definition) is 6. The number of anilines is 2. The molecule has 2 aliphatic rings. The van der Waals surface area contributed by atoms with E-state index in [0.29, 0.717) is 29.2 Å². The summed E-state index contributed by atoms with van der Waals surface area (Å²) in [7, 11) is 0. The van der Waals surface area contributed by atoms with E-state index in [1.165, 1.54) is 24.7 Å². The largest absolute Gasteiger partial charge is 0.364 e. The summed E-state index contributed by atoms with van der Waals surface area (Å²) < 4.78 is 2.06. The molecule has 1 N–H and O–H groups in total. The van der Waals surface area contributed by atoms with Crippen LogP contribution in [0.4, 0.5) is 11.5 Å². The Morgan fingerprint density at radius 1 is 1.25 bits per heavy atom. The molecule has 9 heteroatoms. The molecule has 1 aliphatic heterocycles. The maximum atomic E-state index is 12.5. The van der Waals surface area contributed by atoms with E-state index in [1.807, 2.05) is 11.1 Å². The Bertz CT molecular complexity index is 1050. The number of hydrogen-bond donors (Lipinski definition) is 1. The number of amides is 1. The number of rotatable bonds is 5. The van der Waals surface area contributed by atoms with Crippen molar-refractivity contribution >= 4 is 46.4 Å². The van der Waals surface area contributed by atoms with Gasteiger partial charge in [-0.05, 0) is 30.4 Å². The molecule has 0 radical (unpaired) electrons. The molecule has 0 aromatic carbocycles. The number of fused-ring (bicyclic) bond motifs is 1. The molecule has 1 aliphatic carbocycles. The molecule has 5 rings (SSSR count). The van der Waals surface area contributed by atoms with E-state index in [-0.39, 0.29) is 5.91 Å². The molecule has 4 heterocycles. The molecule has 1 saturated carbocycles. The Labute approximate surface area is 171 Å². The molecule has 2 fully saturated rings. The van der Waals surface area contributed by atoms with Crippen molar-refractivity contribution in [3.63, 3.8) is 0 Å². The van der Waals surface area contributed by atoms with E-state index in [2.05, 4.69) is 31.9 Å². The number of halogens is 1. The highest BCUT2D eigenvalue weighted by molar-refractivity contribution is 8.00. The number of aromatic nitrogens is 4. The molecule has 1 amide bonds. The molecule has 144 valence electrons. The van der Waals surface area contributed by atoms with Crippen molar-refractivity contribution in [3.8, 4) is 0 Å². The SMILES string of the molecule is O=C1CSCCN1c1cc(C2CC2)cn2cc(CNc3cc(Cl)ncn3)nc12. The average Bonchev–Trinajstić information content (AvgIpc) is 3.46. The predicted molar refractivity (Wildman–Crippen MR) is 111 cm³/mol. The molecular weight excluding hydrogens is 396 g/mol. The highest BCUT2D eigenvalue weighted by atomic mass is 35.5. The smallest absolute Gasteiger partial charge is 0.237 e. The number of pyridine rings is 1. The second-order valence-corrected chi connectivity index (χ2v) is 8.57. The summed E-state index contributed by atoms with van der Waals surface area (Å²) in [6.07, 6.45) is 8.02. The van der Waals surface area contributed by atoms with Gasteiger partial charge in [-0.3, -0.25) is 4.79 Å². The van der Waals surface area contributed by atoms with Crippen LogP contribution in [0.25, 0.3) is 5.65 Å². The second kappa shape index (κ2) is 7.25. The van der Waals surface area contributed by atoms with Crippen LogP contribution in [0, 0.1) is 0 Å². The molecule has 28 heavy (non-hydrogen) atoms. The Kier molecular flexibility index (Phi) is 4.60. The Morgan fingerprint density at radius 2 is 2.14 bits per heavy atom. The van der Waals surface area contributed by atoms with Gasteiger partial charge in [0.2, 0.25) is 5.91 Å². The third kappa shape index (κ3) is 3.54. The minimum atomic E-state index is 0.157. The third-order valence-corrected chi connectivity index (χ3v) is 6.14. The van der Waals surface area contributed by atoms with Gasteiger partial charge in [-0.2, -0.15) is 11.8 Å². The van der Waals surface area contributed by atoms with Crippen LogP contribution in [-0.4, -0.2) is 43.3 Å². The standard InChI is InChI=1S/C19H19ClN6OS/c20-16-6-17(23-11-22-16)21-7-14-9-25-8-13(12-1-2-12)5-15(19(25)24-14)26-3-4-28-10-18(26)27/h5-6,8-9,11-12H,1-4,7,10H2,(H,21,22,23). The fourth-order valence-electron chi connectivity index (χ4n) is 3.46. The lowest BCUT2D eigenvalue weighted by atomic mass is 10.1. The van der Waals surface area contributed by atoms with Crippen molar-refractivity contribution in [3.05, 3.63) is 47.3 Å². The number of carbonyl (C=O) groups is 1. The highest BCUT2D eigenvalue weighted by Crippen LogP contribution is 2.42. The van der Waals surface area contributed by atoms with Gasteiger partial charge < -0.3 is 14.6 Å². The lowest BCUT2D eigenvalue weighted by Crippen LogP contribution is -2.38. The van der Waals surface area contributed by atoms with Crippen molar-refractivity contribution < 1.29 is 4.79 Å². The van der Waals surface area contributed by atoms with Crippen LogP contribution in [0.5, 0.6) is 0 Å². The molecule has 7 nitrogen and oxygen atoms in total. The van der Waals surface area contributed by atoms with Gasteiger partial charge in [-0.1, -0.05) is 11.6 Å². The van der Waals surface area contributed by atoms with Gasteiger partial charge in [-0.25, -0.2) is 15.0 Å². The molecule has 3 aromatic rings. The van der Waals surface area contributed by atoms with Crippen LogP contribution in [0.2, 0.25) is 5.15 Å². The molecule has 0 atom stereocenters. The van der Waals surface area contributed by atoms with Gasteiger partial charge >= 0.3 is 0 Å². The maximum Gasteiger partial charge on any atom is 0.237 e. The van der Waals surface area contributed by atoms with Gasteiger partial charge in [0.15, 0.2) is 5.65 Å². The van der Waals surface area contributed by atoms with Crippen LogP contribution >= 0.6 is 23.4 Å². The third-order valence-electron chi connectivity index (χ3n) is 5.01. The summed E-state index contributed by atoms with van der Waals surface area (Å²) in [5.74, 6) is 2.89. The first kappa shape index (κ1) is 17.8. The first-order valence-corrected chi connectivity index (χ1v) is 10.8. The predicted octanol–water partition coefficient (Wildman–Crippen LogP) is 3.35. The number of nitrogens with one attached hydrogen (secondary N) is 1. The van der Waals surface area contributed by atoms with Gasteiger partial charge in [0, 0.05) is 30.8 Å². The van der Waals surface area contributed by atoms with E-state index < -0.39 is 0 Å². The summed E-state index contributed by atoms with van der Waals surface area (Å²) in [6.45, 7) is 1.24. The lowest BCUT2D eigenvalue weighted by Gasteiger charge is -2.27. The zero-order valence-electron chi connectivity index (χ0n) is 15.1. The summed E-state index contributed by atoms with van der Waals surface area (Å²) in [6, 6.07) is 3.84. The van der Waals surface area contributed by atoms with Crippen LogP contribution in [0.15, 0.2) is 30.9 Å². The minimum Gasteiger partial charge on any atom is -0.364 e. The fourth-order valence-corrected chi connectivity index (χ4v) is 4.39. The molecular formula is C19H19ClN6OS. The van der Waals surface area contributed by atoms with Gasteiger partial charge in [-0.15, -0.1) is 0 Å². The topological polar surface area (TPSA) is 75.4 Å². The summed E-state index contributed by atoms with van der Waals surface area (Å²) >= 11 is 7.60. The van der Waals surface area contributed by atoms with Crippen LogP contribution in [0.1, 0.15) is 30.0 Å². The van der Waals surface area contributed by atoms with Gasteiger partial charge in [0.25, 0.3) is 0 Å². The fraction of sp³-hybridized carbons (Fsp3) is 0.368. The van der Waals surface area contributed by atoms with E-state index >= 15 is 0 Å². The van der Waals surface area contributed by atoms with Crippen molar-refractivity contribution in [2.45, 2.75) is 25.3 Å². The molecule has 0 bridgehead atoms. The van der Waals surface area contributed by atoms with Crippen LogP contribution in [-0.2, 0) is 11.3 Å². The number of thioether (sulfide) groups is 1. The molecule has 3 aromatic heterocycles. The van der Waals surface area contributed by atoms with Crippen molar-refractivity contribution in [2.75, 3.05) is 28.3 Å². The zero-order valence-corrected chi connectivity index (χ0v) is 16.7. The lowest BCUT2D eigenvalue weighted by molar-refractivity contribution is -0.116. The van der Waals surface area contributed by atoms with E-state index in [1.54, 1.807) is 17.8 Å². The van der Waals surface area contributed by atoms with Crippen molar-refractivity contribution in [1.29, 1.82) is 0 Å². The van der Waals surface area contributed by atoms with Crippen molar-refractivity contribution in [2.24, 2.45) is 0 Å². The number of carbonyl (C=O) groups excluding carboxylic acids is 1. The summed E-state index contributed by atoms with van der Waals surface area (Å²) in [5.41, 5.74) is 3.91. The van der Waals surface area contributed by atoms with Gasteiger partial charge in [0.05, 0.1) is 23.7 Å². The van der Waals surface area contributed by atoms with Crippen LogP contribution in [0.3, 0.4) is 0 Å². The average molecular weight is 415 g/mol. The highest BCUT2D eigenvalue weighted by Gasteiger charge is 2.28. The van der Waals surface area contributed by atoms with E-state index in [0.717, 1.165) is 29.3 Å². The Morgan fingerprint density at radius 3 is 2.93 bits per heavy atom. The zero-order chi connectivity index (χ0) is 19.1. The molecule has 1 saturated heterocycles. The van der Waals surface area contributed by atoms with Gasteiger partial charge in [0.1, 0.15) is 17.3 Å². The normalized spacial score (nSPS) is 17.3. The minimum absolute atomic E-state index is 0.157. The van der Waals surface area contributed by atoms with E-state index in [9.17, 15) is 4.79 Å². The molecule has 0 spiro atoms. The number of imidazole rings is 1. The van der Waals surface area contributed by atoms with Crippen molar-refractivity contribution in [1.82, 2.24) is 19.4 Å². The second-order valence-electron chi connectivity index (χ2n) is 7.07. The number of nitrogens with zero attached hydrogens (tertiary/aromatic N) is 5.